The van der Waals surface area contributed by atoms with Gasteiger partial charge in [-0.15, -0.1) is 0 Å². The Morgan fingerprint density at radius 2 is 2.00 bits per heavy atom. The Morgan fingerprint density at radius 3 is 2.62 bits per heavy atom. The molecule has 1 aliphatic heterocycles. The first kappa shape index (κ1) is 16.5. The average Bonchev–Trinajstić information content (AvgIpc) is 3.11. The molecule has 1 aliphatic rings. The smallest absolute Gasteiger partial charge is 0.289 e. The fourth-order valence-corrected chi connectivity index (χ4v) is 2.89. The molecular weight excluding hydrogens is 335 g/mol. The summed E-state index contributed by atoms with van der Waals surface area (Å²) in [4.78, 5) is 26.1. The molecule has 1 N–H and O–H groups in total. The molecule has 0 radical (unpaired) electrons. The number of furan rings is 1. The number of hydrogen-bond donors (Lipinski definition) is 1. The Balaban J connectivity index is 1.56. The van der Waals surface area contributed by atoms with Crippen molar-refractivity contribution in [3.8, 4) is 0 Å². The molecule has 0 bridgehead atoms. The van der Waals surface area contributed by atoms with Gasteiger partial charge in [0.2, 0.25) is 5.91 Å². The zero-order chi connectivity index (χ0) is 17.1. The largest absolute Gasteiger partial charge is 0.459 e. The normalized spacial score (nSPS) is 15.3. The molecule has 0 atom stereocenters. The highest BCUT2D eigenvalue weighted by atomic mass is 35.5. The van der Waals surface area contributed by atoms with Gasteiger partial charge in [0.05, 0.1) is 12.0 Å². The molecule has 5 nitrogen and oxygen atoms in total. The van der Waals surface area contributed by atoms with Crippen molar-refractivity contribution in [2.24, 2.45) is 5.92 Å². The number of nitrogens with zero attached hydrogens (tertiary/aromatic N) is 1. The van der Waals surface area contributed by atoms with Gasteiger partial charge in [-0.1, -0.05) is 11.6 Å². The van der Waals surface area contributed by atoms with Crippen molar-refractivity contribution < 1.29 is 18.4 Å². The topological polar surface area (TPSA) is 62.6 Å². The summed E-state index contributed by atoms with van der Waals surface area (Å²) in [6.07, 6.45) is 2.50. The Morgan fingerprint density at radius 1 is 1.25 bits per heavy atom. The van der Waals surface area contributed by atoms with Crippen LogP contribution in [0.4, 0.5) is 10.1 Å². The van der Waals surface area contributed by atoms with E-state index in [9.17, 15) is 14.0 Å². The van der Waals surface area contributed by atoms with Crippen LogP contribution in [0.5, 0.6) is 0 Å². The second-order valence-electron chi connectivity index (χ2n) is 5.66. The van der Waals surface area contributed by atoms with Crippen LogP contribution in [0, 0.1) is 11.7 Å². The SMILES string of the molecule is O=C(Nc1ccc(Cl)cc1F)C1CCN(C(=O)c2ccco2)CC1. The summed E-state index contributed by atoms with van der Waals surface area (Å²) in [6.45, 7) is 0.918. The maximum absolute atomic E-state index is 13.7. The number of anilines is 1. The fraction of sp³-hybridized carbons (Fsp3) is 0.294. The van der Waals surface area contributed by atoms with Gasteiger partial charge in [-0.25, -0.2) is 4.39 Å². The van der Waals surface area contributed by atoms with E-state index in [-0.39, 0.29) is 28.4 Å². The van der Waals surface area contributed by atoms with E-state index in [1.807, 2.05) is 0 Å². The fourth-order valence-electron chi connectivity index (χ4n) is 2.73. The van der Waals surface area contributed by atoms with Crippen molar-refractivity contribution in [1.29, 1.82) is 0 Å². The Labute approximate surface area is 143 Å². The van der Waals surface area contributed by atoms with Crippen molar-refractivity contribution >= 4 is 29.1 Å². The lowest BCUT2D eigenvalue weighted by atomic mass is 9.95. The molecule has 126 valence electrons. The Kier molecular flexibility index (Phi) is 4.85. The summed E-state index contributed by atoms with van der Waals surface area (Å²) < 4.78 is 18.8. The number of rotatable bonds is 3. The van der Waals surface area contributed by atoms with Crippen LogP contribution in [0.15, 0.2) is 41.0 Å². The summed E-state index contributed by atoms with van der Waals surface area (Å²) in [6, 6.07) is 7.39. The van der Waals surface area contributed by atoms with Gasteiger partial charge in [-0.3, -0.25) is 9.59 Å². The molecule has 1 fully saturated rings. The lowest BCUT2D eigenvalue weighted by Gasteiger charge is -2.30. The van der Waals surface area contributed by atoms with Crippen molar-refractivity contribution in [1.82, 2.24) is 4.90 Å². The molecular formula is C17H16ClFN2O3. The molecule has 1 saturated heterocycles. The summed E-state index contributed by atoms with van der Waals surface area (Å²) in [5.74, 6) is -0.966. The Hall–Kier alpha value is -2.34. The molecule has 7 heteroatoms. The standard InChI is InChI=1S/C17H16ClFN2O3/c18-12-3-4-14(13(19)10-12)20-16(22)11-5-7-21(8-6-11)17(23)15-2-1-9-24-15/h1-4,9-11H,5-8H2,(H,20,22). The lowest BCUT2D eigenvalue weighted by molar-refractivity contribution is -0.121. The van der Waals surface area contributed by atoms with Crippen LogP contribution in [0.2, 0.25) is 5.02 Å². The third-order valence-electron chi connectivity index (χ3n) is 4.07. The minimum atomic E-state index is -0.568. The van der Waals surface area contributed by atoms with Crippen LogP contribution in [-0.2, 0) is 4.79 Å². The second-order valence-corrected chi connectivity index (χ2v) is 6.09. The summed E-state index contributed by atoms with van der Waals surface area (Å²) >= 11 is 5.69. The van der Waals surface area contributed by atoms with E-state index in [1.54, 1.807) is 17.0 Å². The number of halogens is 2. The Bertz CT molecular complexity index is 740. The number of likely N-dealkylation sites (tertiary alicyclic amines) is 1. The second kappa shape index (κ2) is 7.05. The molecule has 2 amide bonds. The van der Waals surface area contributed by atoms with Gasteiger partial charge in [-0.05, 0) is 43.2 Å². The first-order chi connectivity index (χ1) is 11.5. The molecule has 0 spiro atoms. The zero-order valence-corrected chi connectivity index (χ0v) is 13.6. The molecule has 24 heavy (non-hydrogen) atoms. The van der Waals surface area contributed by atoms with Gasteiger partial charge in [0.15, 0.2) is 5.76 Å². The van der Waals surface area contributed by atoms with Crippen molar-refractivity contribution in [3.63, 3.8) is 0 Å². The van der Waals surface area contributed by atoms with E-state index in [0.717, 1.165) is 6.07 Å². The first-order valence-electron chi connectivity index (χ1n) is 7.63. The van der Waals surface area contributed by atoms with Gasteiger partial charge in [0.25, 0.3) is 5.91 Å². The molecule has 0 saturated carbocycles. The number of hydrogen-bond acceptors (Lipinski definition) is 3. The number of piperidine rings is 1. The minimum absolute atomic E-state index is 0.110. The number of carbonyl (C=O) groups is 2. The molecule has 0 aliphatic carbocycles. The molecule has 1 aromatic carbocycles. The predicted molar refractivity (Wildman–Crippen MR) is 87.4 cm³/mol. The molecule has 1 aromatic heterocycles. The van der Waals surface area contributed by atoms with Gasteiger partial charge in [0, 0.05) is 24.0 Å². The quantitative estimate of drug-likeness (QED) is 0.920. The van der Waals surface area contributed by atoms with Gasteiger partial charge in [-0.2, -0.15) is 0 Å². The third kappa shape index (κ3) is 3.59. The van der Waals surface area contributed by atoms with E-state index in [0.29, 0.717) is 31.7 Å². The highest BCUT2D eigenvalue weighted by molar-refractivity contribution is 6.30. The highest BCUT2D eigenvalue weighted by Crippen LogP contribution is 2.23. The summed E-state index contributed by atoms with van der Waals surface area (Å²) in [7, 11) is 0. The number of carbonyl (C=O) groups excluding carboxylic acids is 2. The predicted octanol–water partition coefficient (Wildman–Crippen LogP) is 3.56. The van der Waals surface area contributed by atoms with Crippen LogP contribution < -0.4 is 5.32 Å². The van der Waals surface area contributed by atoms with Gasteiger partial charge < -0.3 is 14.6 Å². The molecule has 3 rings (SSSR count). The maximum atomic E-state index is 13.7. The van der Waals surface area contributed by atoms with E-state index in [1.165, 1.54) is 18.4 Å². The number of benzene rings is 1. The molecule has 2 aromatic rings. The lowest BCUT2D eigenvalue weighted by Crippen LogP contribution is -2.41. The number of amides is 2. The minimum Gasteiger partial charge on any atom is -0.459 e. The van der Waals surface area contributed by atoms with Crippen LogP contribution in [-0.4, -0.2) is 29.8 Å². The van der Waals surface area contributed by atoms with Crippen molar-refractivity contribution in [2.45, 2.75) is 12.8 Å². The van der Waals surface area contributed by atoms with Crippen molar-refractivity contribution in [3.05, 3.63) is 53.2 Å². The van der Waals surface area contributed by atoms with Crippen molar-refractivity contribution in [2.75, 3.05) is 18.4 Å². The van der Waals surface area contributed by atoms with Crippen LogP contribution in [0.1, 0.15) is 23.4 Å². The maximum Gasteiger partial charge on any atom is 0.289 e. The van der Waals surface area contributed by atoms with E-state index in [2.05, 4.69) is 5.32 Å². The third-order valence-corrected chi connectivity index (χ3v) is 4.31. The van der Waals surface area contributed by atoms with Crippen LogP contribution in [0.3, 0.4) is 0 Å². The summed E-state index contributed by atoms with van der Waals surface area (Å²) in [5.41, 5.74) is 0.110. The number of nitrogens with one attached hydrogen (secondary N) is 1. The van der Waals surface area contributed by atoms with Crippen LogP contribution in [0.25, 0.3) is 0 Å². The highest BCUT2D eigenvalue weighted by Gasteiger charge is 2.29. The summed E-state index contributed by atoms with van der Waals surface area (Å²) in [5, 5.41) is 2.86. The molecule has 0 unspecified atom stereocenters. The van der Waals surface area contributed by atoms with Gasteiger partial charge in [0.1, 0.15) is 5.82 Å². The first-order valence-corrected chi connectivity index (χ1v) is 8.01. The zero-order valence-electron chi connectivity index (χ0n) is 12.8. The average molecular weight is 351 g/mol. The van der Waals surface area contributed by atoms with E-state index in [4.69, 9.17) is 16.0 Å². The molecule has 2 heterocycles. The van der Waals surface area contributed by atoms with Gasteiger partial charge >= 0.3 is 0 Å². The van der Waals surface area contributed by atoms with Crippen LogP contribution >= 0.6 is 11.6 Å². The monoisotopic (exact) mass is 350 g/mol. The van der Waals surface area contributed by atoms with E-state index >= 15 is 0 Å². The van der Waals surface area contributed by atoms with E-state index < -0.39 is 5.82 Å².